The summed E-state index contributed by atoms with van der Waals surface area (Å²) in [5.74, 6) is 4.19. The highest BCUT2D eigenvalue weighted by Gasteiger charge is 2.61. The molecule has 0 saturated heterocycles. The summed E-state index contributed by atoms with van der Waals surface area (Å²) in [6.07, 6.45) is 12.1. The minimum absolute atomic E-state index is 0.329. The van der Waals surface area contributed by atoms with Gasteiger partial charge in [0.05, 0.1) is 0 Å². The van der Waals surface area contributed by atoms with Gasteiger partial charge in [-0.2, -0.15) is 0 Å². The van der Waals surface area contributed by atoms with Gasteiger partial charge in [0.1, 0.15) is 5.78 Å². The van der Waals surface area contributed by atoms with Crippen LogP contribution in [0.15, 0.2) is 0 Å². The van der Waals surface area contributed by atoms with Crippen molar-refractivity contribution in [2.45, 2.75) is 78.6 Å². The molecule has 0 heterocycles. The van der Waals surface area contributed by atoms with Gasteiger partial charge in [0.15, 0.2) is 0 Å². The van der Waals surface area contributed by atoms with Crippen LogP contribution in [0.3, 0.4) is 0 Å². The Morgan fingerprint density at radius 2 is 1.76 bits per heavy atom. The van der Waals surface area contributed by atoms with E-state index in [-0.39, 0.29) is 0 Å². The largest absolute Gasteiger partial charge is 0.299 e. The average Bonchev–Trinajstić information content (AvgIpc) is 2.68. The molecule has 0 spiro atoms. The Bertz CT molecular complexity index is 455. The molecular formula is C20H32O. The molecule has 4 saturated carbocycles. The zero-order valence-electron chi connectivity index (χ0n) is 14.2. The number of hydrogen-bond acceptors (Lipinski definition) is 1. The molecule has 118 valence electrons. The molecule has 7 atom stereocenters. The Hall–Kier alpha value is -0.330. The monoisotopic (exact) mass is 288 g/mol. The van der Waals surface area contributed by atoms with Crippen molar-refractivity contribution < 1.29 is 4.79 Å². The third-order valence-corrected chi connectivity index (χ3v) is 8.78. The Balaban J connectivity index is 1.69. The third-order valence-electron chi connectivity index (χ3n) is 8.78. The van der Waals surface area contributed by atoms with Crippen molar-refractivity contribution >= 4 is 5.78 Å². The van der Waals surface area contributed by atoms with Crippen LogP contribution < -0.4 is 0 Å². The minimum atomic E-state index is 0.329. The van der Waals surface area contributed by atoms with Gasteiger partial charge in [0, 0.05) is 12.3 Å². The van der Waals surface area contributed by atoms with Gasteiger partial charge in [0.2, 0.25) is 0 Å². The first-order valence-corrected chi connectivity index (χ1v) is 9.49. The van der Waals surface area contributed by atoms with Gasteiger partial charge in [0.25, 0.3) is 0 Å². The highest BCUT2D eigenvalue weighted by Crippen LogP contribution is 2.66. The Morgan fingerprint density at radius 1 is 0.952 bits per heavy atom. The van der Waals surface area contributed by atoms with Crippen LogP contribution >= 0.6 is 0 Å². The predicted octanol–water partition coefficient (Wildman–Crippen LogP) is 5.23. The van der Waals surface area contributed by atoms with Crippen LogP contribution in [-0.4, -0.2) is 5.78 Å². The van der Waals surface area contributed by atoms with Gasteiger partial charge >= 0.3 is 0 Å². The van der Waals surface area contributed by atoms with Crippen LogP contribution in [0.5, 0.6) is 0 Å². The maximum absolute atomic E-state index is 12.7. The first kappa shape index (κ1) is 14.3. The van der Waals surface area contributed by atoms with Gasteiger partial charge in [-0.25, -0.2) is 0 Å². The molecule has 0 radical (unpaired) electrons. The fraction of sp³-hybridized carbons (Fsp3) is 0.950. The first-order valence-electron chi connectivity index (χ1n) is 9.49. The van der Waals surface area contributed by atoms with E-state index in [4.69, 9.17) is 0 Å². The summed E-state index contributed by atoms with van der Waals surface area (Å²) in [6, 6.07) is 0. The molecule has 0 aromatic rings. The summed E-state index contributed by atoms with van der Waals surface area (Å²) in [6.45, 7) is 7.38. The second kappa shape index (κ2) is 4.59. The van der Waals surface area contributed by atoms with Gasteiger partial charge in [-0.05, 0) is 73.0 Å². The van der Waals surface area contributed by atoms with E-state index in [0.29, 0.717) is 28.4 Å². The van der Waals surface area contributed by atoms with Gasteiger partial charge in [-0.15, -0.1) is 0 Å². The Morgan fingerprint density at radius 3 is 2.57 bits per heavy atom. The highest BCUT2D eigenvalue weighted by atomic mass is 16.1. The zero-order valence-corrected chi connectivity index (χ0v) is 14.2. The molecule has 4 fully saturated rings. The fourth-order valence-corrected chi connectivity index (χ4v) is 7.35. The van der Waals surface area contributed by atoms with E-state index >= 15 is 0 Å². The SMILES string of the molecule is CC1CC(=O)C2C3CCC4CCCCC4(C)C3CCC12C. The number of carbonyl (C=O) groups is 1. The molecule has 21 heavy (non-hydrogen) atoms. The topological polar surface area (TPSA) is 17.1 Å². The van der Waals surface area contributed by atoms with Crippen LogP contribution in [-0.2, 0) is 4.79 Å². The molecule has 0 aliphatic heterocycles. The van der Waals surface area contributed by atoms with E-state index in [9.17, 15) is 4.79 Å². The van der Waals surface area contributed by atoms with Crippen LogP contribution in [0.4, 0.5) is 0 Å². The molecular weight excluding hydrogens is 256 g/mol. The second-order valence-electron chi connectivity index (χ2n) is 9.39. The molecule has 0 aromatic carbocycles. The lowest BCUT2D eigenvalue weighted by Gasteiger charge is -2.60. The Kier molecular flexibility index (Phi) is 3.12. The van der Waals surface area contributed by atoms with Gasteiger partial charge in [-0.3, -0.25) is 4.79 Å². The predicted molar refractivity (Wildman–Crippen MR) is 85.9 cm³/mol. The number of Topliss-reactive ketones (excluding diaryl/α,β-unsaturated/α-hetero) is 1. The highest BCUT2D eigenvalue weighted by molar-refractivity contribution is 5.85. The van der Waals surface area contributed by atoms with Crippen molar-refractivity contribution in [3.05, 3.63) is 0 Å². The van der Waals surface area contributed by atoms with Gasteiger partial charge < -0.3 is 0 Å². The summed E-state index contributed by atoms with van der Waals surface area (Å²) in [5, 5.41) is 0. The molecule has 0 bridgehead atoms. The van der Waals surface area contributed by atoms with Crippen LogP contribution in [0.25, 0.3) is 0 Å². The summed E-state index contributed by atoms with van der Waals surface area (Å²) < 4.78 is 0. The maximum atomic E-state index is 12.7. The van der Waals surface area contributed by atoms with E-state index in [1.54, 1.807) is 0 Å². The molecule has 1 nitrogen and oxygen atoms in total. The minimum Gasteiger partial charge on any atom is -0.299 e. The van der Waals surface area contributed by atoms with E-state index in [1.807, 2.05) is 0 Å². The van der Waals surface area contributed by atoms with E-state index < -0.39 is 0 Å². The number of hydrogen-bond donors (Lipinski definition) is 0. The standard InChI is InChI=1S/C20H32O/c1-13-12-17(21)18-15-8-7-14-6-4-5-10-20(14,3)16(15)9-11-19(13,18)2/h13-16,18H,4-12H2,1-3H3. The lowest BCUT2D eigenvalue weighted by molar-refractivity contribution is -0.140. The normalized spacial score (nSPS) is 56.5. The second-order valence-corrected chi connectivity index (χ2v) is 9.39. The van der Waals surface area contributed by atoms with Crippen LogP contribution in [0.2, 0.25) is 0 Å². The maximum Gasteiger partial charge on any atom is 0.137 e. The molecule has 0 N–H and O–H groups in total. The smallest absolute Gasteiger partial charge is 0.137 e. The van der Waals surface area contributed by atoms with Gasteiger partial charge in [-0.1, -0.05) is 33.6 Å². The molecule has 0 aromatic heterocycles. The van der Waals surface area contributed by atoms with Crippen molar-refractivity contribution in [3.8, 4) is 0 Å². The average molecular weight is 288 g/mol. The molecule has 4 aliphatic carbocycles. The zero-order chi connectivity index (χ0) is 14.8. The summed E-state index contributed by atoms with van der Waals surface area (Å²) in [7, 11) is 0. The Labute approximate surface area is 130 Å². The van der Waals surface area contributed by atoms with Crippen molar-refractivity contribution in [2.24, 2.45) is 40.4 Å². The fourth-order valence-electron chi connectivity index (χ4n) is 7.35. The lowest BCUT2D eigenvalue weighted by atomic mass is 9.45. The molecule has 4 rings (SSSR count). The van der Waals surface area contributed by atoms with E-state index in [0.717, 1.165) is 24.2 Å². The summed E-state index contributed by atoms with van der Waals surface area (Å²) >= 11 is 0. The summed E-state index contributed by atoms with van der Waals surface area (Å²) in [5.41, 5.74) is 0.894. The number of rotatable bonds is 0. The van der Waals surface area contributed by atoms with E-state index in [1.165, 1.54) is 51.4 Å². The molecule has 1 heteroatoms. The molecule has 0 amide bonds. The first-order chi connectivity index (χ1) is 9.97. The molecule has 7 unspecified atom stereocenters. The van der Waals surface area contributed by atoms with Crippen molar-refractivity contribution in [1.82, 2.24) is 0 Å². The van der Waals surface area contributed by atoms with Crippen molar-refractivity contribution in [1.29, 1.82) is 0 Å². The third kappa shape index (κ3) is 1.78. The molecule has 4 aliphatic rings. The quantitative estimate of drug-likeness (QED) is 0.596. The van der Waals surface area contributed by atoms with Crippen molar-refractivity contribution in [3.63, 3.8) is 0 Å². The van der Waals surface area contributed by atoms with E-state index in [2.05, 4.69) is 20.8 Å². The lowest BCUT2D eigenvalue weighted by Crippen LogP contribution is -2.53. The number of fused-ring (bicyclic) bond motifs is 5. The number of ketones is 1. The summed E-state index contributed by atoms with van der Waals surface area (Å²) in [4.78, 5) is 12.7. The van der Waals surface area contributed by atoms with Crippen LogP contribution in [0.1, 0.15) is 78.6 Å². The van der Waals surface area contributed by atoms with Crippen LogP contribution in [0, 0.1) is 40.4 Å². The number of carbonyl (C=O) groups excluding carboxylic acids is 1. The van der Waals surface area contributed by atoms with Crippen molar-refractivity contribution in [2.75, 3.05) is 0 Å².